The van der Waals surface area contributed by atoms with Crippen molar-refractivity contribution in [2.75, 3.05) is 27.8 Å². The summed E-state index contributed by atoms with van der Waals surface area (Å²) in [5.74, 6) is 1.40. The van der Waals surface area contributed by atoms with Crippen LogP contribution in [0, 0.1) is 11.3 Å². The van der Waals surface area contributed by atoms with E-state index in [1.165, 1.54) is 0 Å². The number of hydrogen-bond acceptors (Lipinski definition) is 7. The smallest absolute Gasteiger partial charge is 0.309 e. The van der Waals surface area contributed by atoms with E-state index < -0.39 is 11.4 Å². The fourth-order valence-corrected chi connectivity index (χ4v) is 10.4. The molecule has 1 aliphatic heterocycles. The second-order valence-corrected chi connectivity index (χ2v) is 17.2. The molecule has 3 fully saturated rings. The Bertz CT molecular complexity index is 2350. The number of rotatable bonds is 14. The van der Waals surface area contributed by atoms with Gasteiger partial charge < -0.3 is 25.2 Å². The van der Waals surface area contributed by atoms with Gasteiger partial charge in [-0.25, -0.2) is 0 Å². The summed E-state index contributed by atoms with van der Waals surface area (Å²) < 4.78 is 13.7. The van der Waals surface area contributed by atoms with Crippen LogP contribution in [0.2, 0.25) is 10.0 Å². The van der Waals surface area contributed by atoms with E-state index in [1.807, 2.05) is 53.3 Å². The lowest BCUT2D eigenvalue weighted by Crippen LogP contribution is -2.49. The number of halogens is 2. The molecule has 2 saturated carbocycles. The zero-order chi connectivity index (χ0) is 40.6. The zero-order valence-electron chi connectivity index (χ0n) is 33.3. The van der Waals surface area contributed by atoms with E-state index in [2.05, 4.69) is 46.8 Å². The minimum absolute atomic E-state index is 0.113. The van der Waals surface area contributed by atoms with Crippen molar-refractivity contribution in [3.8, 4) is 33.8 Å². The van der Waals surface area contributed by atoms with Crippen LogP contribution in [-0.2, 0) is 29.2 Å². The largest absolute Gasteiger partial charge is 0.496 e. The molecular formula is C46H51Cl2N5O5. The van der Waals surface area contributed by atoms with Gasteiger partial charge in [0, 0.05) is 70.8 Å². The predicted molar refractivity (Wildman–Crippen MR) is 229 cm³/mol. The van der Waals surface area contributed by atoms with Crippen molar-refractivity contribution in [1.29, 1.82) is 0 Å². The first-order valence-electron chi connectivity index (χ1n) is 20.3. The number of nitrogens with one attached hydrogen (secondary N) is 2. The molecule has 58 heavy (non-hydrogen) atoms. The van der Waals surface area contributed by atoms with E-state index in [1.54, 1.807) is 14.2 Å². The molecule has 2 aliphatic carbocycles. The van der Waals surface area contributed by atoms with Crippen LogP contribution >= 0.6 is 23.2 Å². The molecule has 3 aliphatic rings. The quantitative estimate of drug-likeness (QED) is 0.102. The Morgan fingerprint density at radius 3 is 2.52 bits per heavy atom. The van der Waals surface area contributed by atoms with Gasteiger partial charge in [-0.1, -0.05) is 72.1 Å². The Kier molecular flexibility index (Phi) is 11.7. The van der Waals surface area contributed by atoms with Crippen LogP contribution in [0.1, 0.15) is 68.1 Å². The summed E-state index contributed by atoms with van der Waals surface area (Å²) >= 11 is 14.3. The molecule has 304 valence electrons. The first-order valence-corrected chi connectivity index (χ1v) is 21.0. The van der Waals surface area contributed by atoms with Gasteiger partial charge in [-0.2, -0.15) is 5.10 Å². The van der Waals surface area contributed by atoms with E-state index in [4.69, 9.17) is 37.8 Å². The molecule has 0 radical (unpaired) electrons. The number of carboxylic acids is 1. The van der Waals surface area contributed by atoms with Crippen molar-refractivity contribution in [1.82, 2.24) is 25.3 Å². The predicted octanol–water partition coefficient (Wildman–Crippen LogP) is 8.97. The molecule has 8 rings (SSSR count). The van der Waals surface area contributed by atoms with Gasteiger partial charge in [0.2, 0.25) is 5.91 Å². The van der Waals surface area contributed by atoms with Crippen LogP contribution in [0.5, 0.6) is 11.5 Å². The van der Waals surface area contributed by atoms with Gasteiger partial charge in [-0.15, -0.1) is 0 Å². The molecule has 3 N–H and O–H groups in total. The summed E-state index contributed by atoms with van der Waals surface area (Å²) in [5, 5.41) is 23.5. The van der Waals surface area contributed by atoms with Crippen LogP contribution in [0.4, 0.5) is 0 Å². The van der Waals surface area contributed by atoms with Gasteiger partial charge in [-0.05, 0) is 92.4 Å². The van der Waals surface area contributed by atoms with Crippen molar-refractivity contribution in [2.24, 2.45) is 11.3 Å². The van der Waals surface area contributed by atoms with Gasteiger partial charge >= 0.3 is 5.97 Å². The van der Waals surface area contributed by atoms with Crippen LogP contribution < -0.4 is 20.1 Å². The van der Waals surface area contributed by atoms with Gasteiger partial charge in [0.05, 0.1) is 42.9 Å². The third-order valence-corrected chi connectivity index (χ3v) is 13.7. The van der Waals surface area contributed by atoms with Crippen LogP contribution in [0.25, 0.3) is 33.2 Å². The molecule has 10 nitrogen and oxygen atoms in total. The molecule has 0 spiro atoms. The summed E-state index contributed by atoms with van der Waals surface area (Å²) in [6, 6.07) is 22.9. The first-order chi connectivity index (χ1) is 28.1. The number of aromatic nitrogens is 2. The second-order valence-electron chi connectivity index (χ2n) is 16.4. The second kappa shape index (κ2) is 16.9. The number of nitrogens with zero attached hydrogens (tertiary/aromatic N) is 3. The van der Waals surface area contributed by atoms with Crippen molar-refractivity contribution in [3.05, 3.63) is 99.7 Å². The summed E-state index contributed by atoms with van der Waals surface area (Å²) in [5.41, 5.74) is 7.07. The molecule has 1 saturated heterocycles. The van der Waals surface area contributed by atoms with Gasteiger partial charge in [-0.3, -0.25) is 19.2 Å². The Morgan fingerprint density at radius 1 is 0.966 bits per heavy atom. The lowest BCUT2D eigenvalue weighted by Gasteiger charge is -2.49. The monoisotopic (exact) mass is 823 g/mol. The first kappa shape index (κ1) is 40.2. The van der Waals surface area contributed by atoms with E-state index in [0.29, 0.717) is 54.6 Å². The Hall–Kier alpha value is -4.61. The molecule has 5 aromatic rings. The molecule has 4 aromatic carbocycles. The minimum Gasteiger partial charge on any atom is -0.496 e. The summed E-state index contributed by atoms with van der Waals surface area (Å²) in [6.07, 6.45) is 8.54. The van der Waals surface area contributed by atoms with Crippen molar-refractivity contribution < 1.29 is 24.2 Å². The number of methoxy groups -OCH3 is 2. The van der Waals surface area contributed by atoms with E-state index in [-0.39, 0.29) is 11.9 Å². The SMILES string of the molecule is COc1cc(-c2cccc(-c3cccc4c3cnn4Cc3cc(OC)c(CN(C)C4CCC5(C(=O)O)CCCC4C5)cc3Cl)c2Cl)ccc1CNC[C@@H]1CCC(=O)N1. The van der Waals surface area contributed by atoms with E-state index >= 15 is 0 Å². The number of carbonyl (C=O) groups is 2. The summed E-state index contributed by atoms with van der Waals surface area (Å²) in [6.45, 7) is 2.44. The highest BCUT2D eigenvalue weighted by Crippen LogP contribution is 2.50. The number of carbonyl (C=O) groups excluding carboxylic acids is 1. The van der Waals surface area contributed by atoms with Gasteiger partial charge in [0.15, 0.2) is 0 Å². The maximum atomic E-state index is 12.2. The standard InChI is InChI=1S/C46H51Cl2N5O5/c1-52(39-16-18-46(45(55)56)17-6-7-29(39)22-46)26-32-19-38(47)31(21-42(32)58-3)27-53-40-11-5-9-35(37(40)25-50-53)36-10-4-8-34(44(36)48)28-12-13-30(41(20-28)57-2)23-49-24-33-14-15-43(54)51-33/h4-5,8-13,19-21,25,29,33,39,49H,6-7,14-18,22-24,26-27H2,1-3H3,(H,51,54)(H,55,56)/t29?,33-,39?,46?/m0/s1. The topological polar surface area (TPSA) is 118 Å². The number of fused-ring (bicyclic) bond motifs is 3. The molecule has 4 atom stereocenters. The number of amides is 1. The third-order valence-electron chi connectivity index (χ3n) is 12.9. The number of aliphatic carboxylic acids is 1. The number of benzene rings is 4. The normalized spacial score (nSPS) is 21.7. The summed E-state index contributed by atoms with van der Waals surface area (Å²) in [4.78, 5) is 26.1. The average molecular weight is 825 g/mol. The summed E-state index contributed by atoms with van der Waals surface area (Å²) in [7, 11) is 5.50. The highest BCUT2D eigenvalue weighted by Gasteiger charge is 2.49. The van der Waals surface area contributed by atoms with Crippen LogP contribution in [0.15, 0.2) is 72.9 Å². The maximum Gasteiger partial charge on any atom is 0.309 e. The fraction of sp³-hybridized carbons (Fsp3) is 0.413. The molecule has 12 heteroatoms. The number of ether oxygens (including phenoxy) is 2. The Morgan fingerprint density at radius 2 is 1.74 bits per heavy atom. The molecule has 3 unspecified atom stereocenters. The van der Waals surface area contributed by atoms with Crippen molar-refractivity contribution in [3.63, 3.8) is 0 Å². The van der Waals surface area contributed by atoms with Crippen molar-refractivity contribution in [2.45, 2.75) is 83.1 Å². The minimum atomic E-state index is -0.626. The molecule has 1 amide bonds. The molecule has 1 aromatic heterocycles. The average Bonchev–Trinajstić information content (AvgIpc) is 3.84. The Labute approximate surface area is 349 Å². The van der Waals surface area contributed by atoms with Crippen LogP contribution in [-0.4, -0.2) is 71.6 Å². The highest BCUT2D eigenvalue weighted by atomic mass is 35.5. The Balaban J connectivity index is 0.995. The van der Waals surface area contributed by atoms with Crippen molar-refractivity contribution >= 4 is 46.0 Å². The zero-order valence-corrected chi connectivity index (χ0v) is 34.8. The highest BCUT2D eigenvalue weighted by molar-refractivity contribution is 6.36. The van der Waals surface area contributed by atoms with Gasteiger partial charge in [0.1, 0.15) is 11.5 Å². The van der Waals surface area contributed by atoms with E-state index in [0.717, 1.165) is 106 Å². The van der Waals surface area contributed by atoms with Gasteiger partial charge in [0.25, 0.3) is 0 Å². The molecule has 2 heterocycles. The number of carboxylic acid groups (broad SMARTS) is 1. The third kappa shape index (κ3) is 7.92. The molecule has 2 bridgehead atoms. The van der Waals surface area contributed by atoms with E-state index in [9.17, 15) is 14.7 Å². The fourth-order valence-electron chi connectivity index (χ4n) is 9.82. The number of hydrogen-bond donors (Lipinski definition) is 3. The lowest BCUT2D eigenvalue weighted by molar-refractivity contribution is -0.156. The molecular weight excluding hydrogens is 773 g/mol. The lowest BCUT2D eigenvalue weighted by atomic mass is 9.60. The maximum absolute atomic E-state index is 12.2. The van der Waals surface area contributed by atoms with Crippen LogP contribution in [0.3, 0.4) is 0 Å².